The van der Waals surface area contributed by atoms with E-state index in [-0.39, 0.29) is 22.4 Å². The van der Waals surface area contributed by atoms with Crippen LogP contribution in [0.5, 0.6) is 17.2 Å². The van der Waals surface area contributed by atoms with Crippen LogP contribution >= 0.6 is 23.4 Å². The van der Waals surface area contributed by atoms with Crippen molar-refractivity contribution in [2.45, 2.75) is 16.3 Å². The first-order chi connectivity index (χ1) is 17.4. The van der Waals surface area contributed by atoms with Crippen molar-refractivity contribution in [1.82, 2.24) is 4.57 Å². The highest BCUT2D eigenvalue weighted by molar-refractivity contribution is 7.99. The molecule has 1 N–H and O–H groups in total. The molecule has 36 heavy (non-hydrogen) atoms. The van der Waals surface area contributed by atoms with Crippen LogP contribution in [0.25, 0.3) is 21.9 Å². The molecule has 0 radical (unpaired) electrons. The molecular formula is C27H20ClNO6S. The minimum Gasteiger partial charge on any atom is -0.505 e. The molecule has 0 spiro atoms. The fraction of sp³-hybridized carbons (Fsp3) is 0.111. The first-order valence-electron chi connectivity index (χ1n) is 10.9. The average Bonchev–Trinajstić information content (AvgIpc) is 2.88. The number of aromatic hydroxyl groups is 1. The van der Waals surface area contributed by atoms with E-state index in [0.717, 1.165) is 17.3 Å². The number of nitrogens with zero attached hydrogens (tertiary/aromatic N) is 1. The van der Waals surface area contributed by atoms with Crippen LogP contribution in [-0.2, 0) is 6.54 Å². The predicted octanol–water partition coefficient (Wildman–Crippen LogP) is 5.68. The number of ether oxygens (including phenoxy) is 2. The zero-order chi connectivity index (χ0) is 25.4. The number of hydrogen-bond acceptors (Lipinski definition) is 7. The molecule has 0 aliphatic rings. The molecule has 0 bridgehead atoms. The fourth-order valence-corrected chi connectivity index (χ4v) is 5.19. The molecule has 0 saturated heterocycles. The van der Waals surface area contributed by atoms with Gasteiger partial charge in [-0.2, -0.15) is 0 Å². The lowest BCUT2D eigenvalue weighted by Gasteiger charge is -2.15. The Hall–Kier alpha value is -3.88. The summed E-state index contributed by atoms with van der Waals surface area (Å²) in [7, 11) is 3.10. The Labute approximate surface area is 214 Å². The van der Waals surface area contributed by atoms with Crippen LogP contribution < -0.4 is 20.7 Å². The molecule has 0 amide bonds. The van der Waals surface area contributed by atoms with Crippen LogP contribution in [0, 0.1) is 0 Å². The summed E-state index contributed by atoms with van der Waals surface area (Å²) in [5, 5.41) is 12.1. The van der Waals surface area contributed by atoms with E-state index in [2.05, 4.69) is 0 Å². The fourth-order valence-electron chi connectivity index (χ4n) is 4.04. The maximum absolute atomic E-state index is 13.8. The Balaban J connectivity index is 1.79. The summed E-state index contributed by atoms with van der Waals surface area (Å²) >= 11 is 7.05. The van der Waals surface area contributed by atoms with E-state index < -0.39 is 16.9 Å². The van der Waals surface area contributed by atoms with Crippen molar-refractivity contribution in [1.29, 1.82) is 0 Å². The third-order valence-corrected chi connectivity index (χ3v) is 7.04. The lowest BCUT2D eigenvalue weighted by molar-refractivity contribution is 0.414. The van der Waals surface area contributed by atoms with E-state index in [0.29, 0.717) is 32.3 Å². The Morgan fingerprint density at radius 1 is 0.972 bits per heavy atom. The molecule has 0 aliphatic carbocycles. The third-order valence-electron chi connectivity index (χ3n) is 5.75. The highest BCUT2D eigenvalue weighted by Crippen LogP contribution is 2.38. The summed E-state index contributed by atoms with van der Waals surface area (Å²) in [5.41, 5.74) is 0.0464. The van der Waals surface area contributed by atoms with Gasteiger partial charge in [0.15, 0.2) is 11.3 Å². The van der Waals surface area contributed by atoms with Gasteiger partial charge in [0.25, 0.3) is 5.56 Å². The van der Waals surface area contributed by atoms with E-state index in [1.54, 1.807) is 49.6 Å². The van der Waals surface area contributed by atoms with Gasteiger partial charge in [0.2, 0.25) is 0 Å². The number of benzene rings is 3. The van der Waals surface area contributed by atoms with Gasteiger partial charge in [-0.25, -0.2) is 4.79 Å². The largest absolute Gasteiger partial charge is 0.505 e. The summed E-state index contributed by atoms with van der Waals surface area (Å²) in [5.74, 6) is 0.742. The predicted molar refractivity (Wildman–Crippen MR) is 140 cm³/mol. The van der Waals surface area contributed by atoms with Crippen molar-refractivity contribution < 1.29 is 19.0 Å². The lowest BCUT2D eigenvalue weighted by atomic mass is 10.1. The van der Waals surface area contributed by atoms with Gasteiger partial charge in [-0.15, -0.1) is 0 Å². The number of hydrogen-bond donors (Lipinski definition) is 1. The molecular weight excluding hydrogens is 502 g/mol. The lowest BCUT2D eigenvalue weighted by Crippen LogP contribution is -2.23. The number of pyridine rings is 1. The van der Waals surface area contributed by atoms with Crippen molar-refractivity contribution in [3.05, 3.63) is 98.1 Å². The highest BCUT2D eigenvalue weighted by Gasteiger charge is 2.23. The van der Waals surface area contributed by atoms with Crippen LogP contribution in [-0.4, -0.2) is 23.9 Å². The molecule has 0 unspecified atom stereocenters. The maximum atomic E-state index is 13.8. The van der Waals surface area contributed by atoms with Gasteiger partial charge in [0.05, 0.1) is 26.3 Å². The molecule has 9 heteroatoms. The van der Waals surface area contributed by atoms with Gasteiger partial charge in [-0.1, -0.05) is 41.6 Å². The van der Waals surface area contributed by atoms with Crippen molar-refractivity contribution >= 4 is 45.2 Å². The van der Waals surface area contributed by atoms with E-state index in [4.69, 9.17) is 25.5 Å². The summed E-state index contributed by atoms with van der Waals surface area (Å²) in [6.07, 6.45) is 0. The van der Waals surface area contributed by atoms with Gasteiger partial charge in [-0.05, 0) is 48.0 Å². The molecule has 5 rings (SSSR count). The first kappa shape index (κ1) is 23.8. The van der Waals surface area contributed by atoms with Crippen molar-refractivity contribution in [3.63, 3.8) is 0 Å². The molecule has 0 atom stereocenters. The Kier molecular flexibility index (Phi) is 6.38. The number of aromatic nitrogens is 1. The van der Waals surface area contributed by atoms with Crippen molar-refractivity contribution in [2.75, 3.05) is 14.2 Å². The summed E-state index contributed by atoms with van der Waals surface area (Å²) in [6, 6.07) is 19.3. The molecule has 2 heterocycles. The molecule has 3 aromatic carbocycles. The summed E-state index contributed by atoms with van der Waals surface area (Å²) < 4.78 is 17.8. The SMILES string of the molecule is COc1cccc(Cn2c(=O)c3c(O)c(Sc4cccc(Cl)c4)c(=O)oc3c3ccc(OC)cc32)c1. The second-order valence-electron chi connectivity index (χ2n) is 7.96. The molecule has 0 fully saturated rings. The topological polar surface area (TPSA) is 90.9 Å². The normalized spacial score (nSPS) is 11.2. The molecule has 0 aliphatic heterocycles. The highest BCUT2D eigenvalue weighted by atomic mass is 35.5. The summed E-state index contributed by atoms with van der Waals surface area (Å²) in [6.45, 7) is 0.185. The van der Waals surface area contributed by atoms with Gasteiger partial charge in [-0.3, -0.25) is 4.79 Å². The third kappa shape index (κ3) is 4.29. The first-order valence-corrected chi connectivity index (χ1v) is 12.1. The standard InChI is InChI=1S/C27H20ClNO6S/c1-33-17-7-3-5-15(11-17)14-29-21-13-18(34-2)9-10-20(21)24-22(26(29)31)23(30)25(27(32)35-24)36-19-8-4-6-16(28)12-19/h3-13,30H,14H2,1-2H3. The van der Waals surface area contributed by atoms with E-state index in [1.165, 1.54) is 11.7 Å². The second-order valence-corrected chi connectivity index (χ2v) is 9.48. The van der Waals surface area contributed by atoms with Gasteiger partial charge in [0, 0.05) is 21.4 Å². The number of rotatable bonds is 6. The van der Waals surface area contributed by atoms with E-state index >= 15 is 0 Å². The molecule has 7 nitrogen and oxygen atoms in total. The van der Waals surface area contributed by atoms with Crippen LogP contribution in [0.4, 0.5) is 0 Å². The quantitative estimate of drug-likeness (QED) is 0.287. The zero-order valence-corrected chi connectivity index (χ0v) is 20.9. The Morgan fingerprint density at radius 3 is 2.47 bits per heavy atom. The molecule has 5 aromatic rings. The zero-order valence-electron chi connectivity index (χ0n) is 19.3. The monoisotopic (exact) mass is 521 g/mol. The number of methoxy groups -OCH3 is 2. The van der Waals surface area contributed by atoms with Crippen LogP contribution in [0.2, 0.25) is 5.02 Å². The summed E-state index contributed by atoms with van der Waals surface area (Å²) in [4.78, 5) is 27.3. The average molecular weight is 522 g/mol. The molecule has 2 aromatic heterocycles. The van der Waals surface area contributed by atoms with Crippen molar-refractivity contribution in [2.24, 2.45) is 0 Å². The van der Waals surface area contributed by atoms with Gasteiger partial charge < -0.3 is 23.6 Å². The minimum absolute atomic E-state index is 0.0116. The van der Waals surface area contributed by atoms with Crippen LogP contribution in [0.3, 0.4) is 0 Å². The Bertz CT molecular complexity index is 1740. The number of fused-ring (bicyclic) bond motifs is 3. The van der Waals surface area contributed by atoms with Gasteiger partial charge in [0.1, 0.15) is 21.8 Å². The number of halogens is 1. The second kappa shape index (κ2) is 9.64. The van der Waals surface area contributed by atoms with Crippen LogP contribution in [0.1, 0.15) is 5.56 Å². The molecule has 182 valence electrons. The smallest absolute Gasteiger partial charge is 0.354 e. The Morgan fingerprint density at radius 2 is 1.72 bits per heavy atom. The van der Waals surface area contributed by atoms with Crippen molar-refractivity contribution in [3.8, 4) is 17.2 Å². The minimum atomic E-state index is -0.757. The van der Waals surface area contributed by atoms with Crippen LogP contribution in [0.15, 0.2) is 90.5 Å². The molecule has 0 saturated carbocycles. The van der Waals surface area contributed by atoms with Gasteiger partial charge >= 0.3 is 5.63 Å². The van der Waals surface area contributed by atoms with E-state index in [1.807, 2.05) is 24.3 Å². The van der Waals surface area contributed by atoms with E-state index in [9.17, 15) is 14.7 Å². The maximum Gasteiger partial charge on any atom is 0.354 e.